The molecule has 0 fully saturated rings. The van der Waals surface area contributed by atoms with Gasteiger partial charge in [0.25, 0.3) is 5.91 Å². The van der Waals surface area contributed by atoms with Gasteiger partial charge in [-0.3, -0.25) is 4.79 Å². The van der Waals surface area contributed by atoms with Crippen molar-refractivity contribution in [3.05, 3.63) is 65.2 Å². The third-order valence-corrected chi connectivity index (χ3v) is 2.95. The largest absolute Gasteiger partial charge is 0.386 e. The number of oxime groups is 1. The first-order valence-electron chi connectivity index (χ1n) is 6.70. The van der Waals surface area contributed by atoms with Crippen LogP contribution in [-0.2, 0) is 9.63 Å². The van der Waals surface area contributed by atoms with Crippen LogP contribution in [0.4, 0.5) is 5.69 Å². The summed E-state index contributed by atoms with van der Waals surface area (Å²) in [5.41, 5.74) is 3.17. The Morgan fingerprint density at radius 3 is 2.68 bits per heavy atom. The van der Waals surface area contributed by atoms with Crippen LogP contribution in [0.5, 0.6) is 0 Å². The summed E-state index contributed by atoms with van der Waals surface area (Å²) in [5, 5.41) is 15.1. The van der Waals surface area contributed by atoms with Crippen LogP contribution in [-0.4, -0.2) is 18.7 Å². The Bertz CT molecular complexity index is 715. The van der Waals surface area contributed by atoms with E-state index >= 15 is 0 Å². The van der Waals surface area contributed by atoms with Gasteiger partial charge in [0.05, 0.1) is 17.8 Å². The second-order valence-corrected chi connectivity index (χ2v) is 4.60. The Morgan fingerprint density at radius 1 is 1.27 bits per heavy atom. The van der Waals surface area contributed by atoms with Gasteiger partial charge in [0.15, 0.2) is 6.61 Å². The van der Waals surface area contributed by atoms with E-state index < -0.39 is 0 Å². The number of rotatable bonds is 5. The van der Waals surface area contributed by atoms with Crippen LogP contribution in [0, 0.1) is 18.3 Å². The highest BCUT2D eigenvalue weighted by molar-refractivity contribution is 5.91. The van der Waals surface area contributed by atoms with E-state index in [1.165, 1.54) is 0 Å². The second kappa shape index (κ2) is 7.60. The molecule has 0 heterocycles. The number of anilines is 1. The molecular weight excluding hydrogens is 278 g/mol. The zero-order chi connectivity index (χ0) is 15.8. The van der Waals surface area contributed by atoms with Gasteiger partial charge in [-0.15, -0.1) is 0 Å². The van der Waals surface area contributed by atoms with Crippen molar-refractivity contribution >= 4 is 17.8 Å². The molecule has 2 aromatic rings. The normalized spacial score (nSPS) is 10.2. The van der Waals surface area contributed by atoms with E-state index in [-0.39, 0.29) is 12.5 Å². The van der Waals surface area contributed by atoms with Crippen molar-refractivity contribution in [3.63, 3.8) is 0 Å². The zero-order valence-corrected chi connectivity index (χ0v) is 12.1. The Morgan fingerprint density at radius 2 is 2.00 bits per heavy atom. The maximum Gasteiger partial charge on any atom is 0.265 e. The minimum atomic E-state index is -0.313. The first-order chi connectivity index (χ1) is 10.7. The van der Waals surface area contributed by atoms with Gasteiger partial charge >= 0.3 is 0 Å². The fourth-order valence-corrected chi connectivity index (χ4v) is 1.75. The third-order valence-electron chi connectivity index (χ3n) is 2.95. The molecule has 0 bridgehead atoms. The second-order valence-electron chi connectivity index (χ2n) is 4.60. The van der Waals surface area contributed by atoms with Crippen molar-refractivity contribution in [3.8, 4) is 6.07 Å². The van der Waals surface area contributed by atoms with E-state index in [0.29, 0.717) is 11.3 Å². The van der Waals surface area contributed by atoms with Crippen LogP contribution in [0.25, 0.3) is 0 Å². The van der Waals surface area contributed by atoms with E-state index in [9.17, 15) is 4.79 Å². The topological polar surface area (TPSA) is 74.5 Å². The number of aryl methyl sites for hydroxylation is 1. The number of benzene rings is 2. The molecule has 0 spiro atoms. The molecule has 110 valence electrons. The molecule has 2 rings (SSSR count). The summed E-state index contributed by atoms with van der Waals surface area (Å²) in [5.74, 6) is -0.313. The van der Waals surface area contributed by atoms with Crippen molar-refractivity contribution < 1.29 is 9.63 Å². The van der Waals surface area contributed by atoms with Crippen LogP contribution in [0.2, 0.25) is 0 Å². The Kier molecular flexibility index (Phi) is 5.27. The molecule has 0 saturated heterocycles. The Hall–Kier alpha value is -3.13. The summed E-state index contributed by atoms with van der Waals surface area (Å²) in [7, 11) is 0. The quantitative estimate of drug-likeness (QED) is 0.680. The number of amides is 1. The summed E-state index contributed by atoms with van der Waals surface area (Å²) in [6, 6.07) is 16.3. The summed E-state index contributed by atoms with van der Waals surface area (Å²) in [6.07, 6.45) is 1.57. The van der Waals surface area contributed by atoms with Gasteiger partial charge in [-0.2, -0.15) is 5.26 Å². The minimum Gasteiger partial charge on any atom is -0.386 e. The van der Waals surface area contributed by atoms with Crippen molar-refractivity contribution in [2.45, 2.75) is 6.92 Å². The summed E-state index contributed by atoms with van der Waals surface area (Å²) in [6.45, 7) is 1.79. The van der Waals surface area contributed by atoms with Crippen LogP contribution < -0.4 is 5.32 Å². The van der Waals surface area contributed by atoms with Crippen molar-refractivity contribution in [1.29, 1.82) is 5.26 Å². The molecule has 0 aromatic heterocycles. The number of hydrogen-bond donors (Lipinski definition) is 1. The number of carbonyl (C=O) groups is 1. The zero-order valence-electron chi connectivity index (χ0n) is 12.1. The average molecular weight is 293 g/mol. The molecule has 5 heteroatoms. The molecule has 0 saturated carbocycles. The molecule has 0 aliphatic rings. The average Bonchev–Trinajstić information content (AvgIpc) is 2.54. The lowest BCUT2D eigenvalue weighted by Gasteiger charge is -2.04. The van der Waals surface area contributed by atoms with E-state index in [2.05, 4.69) is 10.5 Å². The lowest BCUT2D eigenvalue weighted by molar-refractivity contribution is -0.120. The highest BCUT2D eigenvalue weighted by Gasteiger charge is 2.02. The summed E-state index contributed by atoms with van der Waals surface area (Å²) >= 11 is 0. The van der Waals surface area contributed by atoms with Gasteiger partial charge in [0.1, 0.15) is 0 Å². The molecule has 1 N–H and O–H groups in total. The maximum atomic E-state index is 11.7. The van der Waals surface area contributed by atoms with Crippen molar-refractivity contribution in [2.75, 3.05) is 11.9 Å². The summed E-state index contributed by atoms with van der Waals surface area (Å²) in [4.78, 5) is 16.6. The van der Waals surface area contributed by atoms with E-state index in [0.717, 1.165) is 11.1 Å². The minimum absolute atomic E-state index is 0.178. The van der Waals surface area contributed by atoms with Gasteiger partial charge in [0, 0.05) is 5.69 Å². The van der Waals surface area contributed by atoms with E-state index in [4.69, 9.17) is 10.1 Å². The number of nitriles is 1. The van der Waals surface area contributed by atoms with Gasteiger partial charge in [-0.05, 0) is 42.3 Å². The molecule has 0 aliphatic carbocycles. The van der Waals surface area contributed by atoms with E-state index in [1.807, 2.05) is 37.3 Å². The SMILES string of the molecule is Cc1ccccc1/C=N\OCC(=O)Nc1ccc(C#N)cc1. The van der Waals surface area contributed by atoms with Crippen molar-refractivity contribution in [1.82, 2.24) is 0 Å². The maximum absolute atomic E-state index is 11.7. The van der Waals surface area contributed by atoms with Gasteiger partial charge in [-0.25, -0.2) is 0 Å². The lowest BCUT2D eigenvalue weighted by Crippen LogP contribution is -2.16. The van der Waals surface area contributed by atoms with E-state index in [1.54, 1.807) is 30.5 Å². The van der Waals surface area contributed by atoms with Gasteiger partial charge in [0.2, 0.25) is 0 Å². The molecule has 0 aliphatic heterocycles. The molecule has 2 aromatic carbocycles. The predicted molar refractivity (Wildman–Crippen MR) is 84.5 cm³/mol. The molecule has 0 unspecified atom stereocenters. The Balaban J connectivity index is 1.80. The van der Waals surface area contributed by atoms with Crippen LogP contribution in [0.3, 0.4) is 0 Å². The Labute approximate surface area is 128 Å². The third kappa shape index (κ3) is 4.46. The standard InChI is InChI=1S/C17H15N3O2/c1-13-4-2-3-5-15(13)11-19-22-12-17(21)20-16-8-6-14(10-18)7-9-16/h2-9,11H,12H2,1H3,(H,20,21)/b19-11-. The molecular formula is C17H15N3O2. The number of nitrogens with one attached hydrogen (secondary N) is 1. The molecule has 0 atom stereocenters. The number of carbonyl (C=O) groups excluding carboxylic acids is 1. The fourth-order valence-electron chi connectivity index (χ4n) is 1.75. The molecule has 5 nitrogen and oxygen atoms in total. The monoisotopic (exact) mass is 293 g/mol. The predicted octanol–water partition coefficient (Wildman–Crippen LogP) is 2.86. The molecule has 1 amide bonds. The smallest absolute Gasteiger partial charge is 0.265 e. The highest BCUT2D eigenvalue weighted by atomic mass is 16.6. The number of nitrogens with zero attached hydrogens (tertiary/aromatic N) is 2. The fraction of sp³-hybridized carbons (Fsp3) is 0.118. The lowest BCUT2D eigenvalue weighted by atomic mass is 10.1. The van der Waals surface area contributed by atoms with Gasteiger partial charge in [-0.1, -0.05) is 29.4 Å². The first kappa shape index (κ1) is 15.3. The van der Waals surface area contributed by atoms with Gasteiger partial charge < -0.3 is 10.2 Å². The highest BCUT2D eigenvalue weighted by Crippen LogP contribution is 2.08. The van der Waals surface area contributed by atoms with Crippen LogP contribution >= 0.6 is 0 Å². The van der Waals surface area contributed by atoms with Crippen molar-refractivity contribution in [2.24, 2.45) is 5.16 Å². The molecule has 0 radical (unpaired) electrons. The number of hydrogen-bond acceptors (Lipinski definition) is 4. The molecule has 22 heavy (non-hydrogen) atoms. The van der Waals surface area contributed by atoms with Crippen LogP contribution in [0.1, 0.15) is 16.7 Å². The first-order valence-corrected chi connectivity index (χ1v) is 6.70. The van der Waals surface area contributed by atoms with Crippen LogP contribution in [0.15, 0.2) is 53.7 Å². The summed E-state index contributed by atoms with van der Waals surface area (Å²) < 4.78 is 0.